The molecular weight excluding hydrogens is 234 g/mol. The van der Waals surface area contributed by atoms with E-state index in [1.165, 1.54) is 22.3 Å². The molecular formula is C17H23NO. The molecule has 102 valence electrons. The van der Waals surface area contributed by atoms with Crippen molar-refractivity contribution in [3.05, 3.63) is 58.0 Å². The summed E-state index contributed by atoms with van der Waals surface area (Å²) >= 11 is 0. The van der Waals surface area contributed by atoms with E-state index in [1.807, 2.05) is 20.9 Å². The van der Waals surface area contributed by atoms with Gasteiger partial charge in [-0.2, -0.15) is 0 Å². The molecule has 1 N–H and O–H groups in total. The van der Waals surface area contributed by atoms with Crippen molar-refractivity contribution in [2.45, 2.75) is 40.2 Å². The molecule has 0 saturated carbocycles. The summed E-state index contributed by atoms with van der Waals surface area (Å²) < 4.78 is 5.65. The Labute approximate surface area is 115 Å². The van der Waals surface area contributed by atoms with Gasteiger partial charge in [0.2, 0.25) is 0 Å². The van der Waals surface area contributed by atoms with Gasteiger partial charge in [0.05, 0.1) is 0 Å². The molecule has 19 heavy (non-hydrogen) atoms. The van der Waals surface area contributed by atoms with Crippen molar-refractivity contribution in [3.63, 3.8) is 0 Å². The summed E-state index contributed by atoms with van der Waals surface area (Å²) in [5.74, 6) is 2.00. The molecule has 0 radical (unpaired) electrons. The van der Waals surface area contributed by atoms with Crippen LogP contribution in [0.5, 0.6) is 0 Å². The maximum atomic E-state index is 5.65. The highest BCUT2D eigenvalue weighted by Crippen LogP contribution is 2.26. The number of rotatable bonds is 4. The molecule has 0 saturated heterocycles. The third-order valence-corrected chi connectivity index (χ3v) is 3.73. The summed E-state index contributed by atoms with van der Waals surface area (Å²) in [4.78, 5) is 0. The molecule has 0 bridgehead atoms. The molecule has 0 spiro atoms. The number of hydrogen-bond acceptors (Lipinski definition) is 2. The second-order valence-corrected chi connectivity index (χ2v) is 5.34. The van der Waals surface area contributed by atoms with E-state index in [2.05, 4.69) is 43.4 Å². The first-order valence-corrected chi connectivity index (χ1v) is 6.81. The van der Waals surface area contributed by atoms with Crippen molar-refractivity contribution in [2.75, 3.05) is 7.05 Å². The molecule has 1 heterocycles. The molecule has 2 aromatic rings. The lowest BCUT2D eigenvalue weighted by atomic mass is 9.95. The molecule has 1 aromatic carbocycles. The monoisotopic (exact) mass is 257 g/mol. The molecule has 1 atom stereocenters. The quantitative estimate of drug-likeness (QED) is 0.895. The van der Waals surface area contributed by atoms with Crippen LogP contribution in [-0.2, 0) is 6.42 Å². The molecule has 2 nitrogen and oxygen atoms in total. The van der Waals surface area contributed by atoms with Gasteiger partial charge in [-0.1, -0.05) is 23.8 Å². The summed E-state index contributed by atoms with van der Waals surface area (Å²) in [6.45, 7) is 8.36. The van der Waals surface area contributed by atoms with Gasteiger partial charge in [0.1, 0.15) is 11.5 Å². The standard InChI is InChI=1S/C17H23NO/c1-11-6-7-12(2)15(8-11)10-17(18-5)16-9-13(3)19-14(16)4/h6-9,17-18H,10H2,1-5H3. The minimum Gasteiger partial charge on any atom is -0.466 e. The predicted molar refractivity (Wildman–Crippen MR) is 79.6 cm³/mol. The van der Waals surface area contributed by atoms with Crippen LogP contribution in [0.4, 0.5) is 0 Å². The van der Waals surface area contributed by atoms with E-state index in [0.29, 0.717) is 6.04 Å². The van der Waals surface area contributed by atoms with Gasteiger partial charge in [-0.05, 0) is 58.4 Å². The van der Waals surface area contributed by atoms with Crippen molar-refractivity contribution >= 4 is 0 Å². The third-order valence-electron chi connectivity index (χ3n) is 3.73. The Hall–Kier alpha value is -1.54. The van der Waals surface area contributed by atoms with Crippen LogP contribution >= 0.6 is 0 Å². The Kier molecular flexibility index (Phi) is 4.11. The van der Waals surface area contributed by atoms with Crippen molar-refractivity contribution in [1.82, 2.24) is 5.32 Å². The first-order valence-electron chi connectivity index (χ1n) is 6.81. The van der Waals surface area contributed by atoms with E-state index < -0.39 is 0 Å². The van der Waals surface area contributed by atoms with Gasteiger partial charge in [0.25, 0.3) is 0 Å². The van der Waals surface area contributed by atoms with Gasteiger partial charge in [-0.15, -0.1) is 0 Å². The van der Waals surface area contributed by atoms with E-state index in [9.17, 15) is 0 Å². The SMILES string of the molecule is CNC(Cc1cc(C)ccc1C)c1cc(C)oc1C. The van der Waals surface area contributed by atoms with Crippen LogP contribution in [0, 0.1) is 27.7 Å². The van der Waals surface area contributed by atoms with Crippen molar-refractivity contribution < 1.29 is 4.42 Å². The van der Waals surface area contributed by atoms with Gasteiger partial charge in [0, 0.05) is 11.6 Å². The van der Waals surface area contributed by atoms with Crippen LogP contribution in [0.25, 0.3) is 0 Å². The topological polar surface area (TPSA) is 25.2 Å². The van der Waals surface area contributed by atoms with E-state index in [-0.39, 0.29) is 0 Å². The average molecular weight is 257 g/mol. The van der Waals surface area contributed by atoms with Crippen molar-refractivity contribution in [1.29, 1.82) is 0 Å². The smallest absolute Gasteiger partial charge is 0.105 e. The number of furan rings is 1. The van der Waals surface area contributed by atoms with Gasteiger partial charge in [-0.3, -0.25) is 0 Å². The van der Waals surface area contributed by atoms with Crippen molar-refractivity contribution in [2.24, 2.45) is 0 Å². The molecule has 0 amide bonds. The lowest BCUT2D eigenvalue weighted by Gasteiger charge is -2.17. The molecule has 2 rings (SSSR count). The fourth-order valence-corrected chi connectivity index (χ4v) is 2.60. The minimum atomic E-state index is 0.304. The molecule has 0 aliphatic carbocycles. The number of hydrogen-bond donors (Lipinski definition) is 1. The summed E-state index contributed by atoms with van der Waals surface area (Å²) in [6.07, 6.45) is 0.990. The van der Waals surface area contributed by atoms with Crippen molar-refractivity contribution in [3.8, 4) is 0 Å². The van der Waals surface area contributed by atoms with Crippen LogP contribution in [0.1, 0.15) is 39.8 Å². The molecule has 0 aliphatic rings. The largest absolute Gasteiger partial charge is 0.466 e. The number of likely N-dealkylation sites (N-methyl/N-ethyl adjacent to an activating group) is 1. The highest BCUT2D eigenvalue weighted by molar-refractivity contribution is 5.33. The summed E-state index contributed by atoms with van der Waals surface area (Å²) in [5, 5.41) is 3.41. The maximum absolute atomic E-state index is 5.65. The number of benzene rings is 1. The van der Waals surface area contributed by atoms with Crippen LogP contribution in [0.2, 0.25) is 0 Å². The van der Waals surface area contributed by atoms with E-state index in [4.69, 9.17) is 4.42 Å². The van der Waals surface area contributed by atoms with Gasteiger partial charge in [0.15, 0.2) is 0 Å². The normalized spacial score (nSPS) is 12.7. The molecule has 0 fully saturated rings. The highest BCUT2D eigenvalue weighted by atomic mass is 16.3. The van der Waals surface area contributed by atoms with Gasteiger partial charge >= 0.3 is 0 Å². The lowest BCUT2D eigenvalue weighted by Crippen LogP contribution is -2.19. The Morgan fingerprint density at radius 1 is 1.11 bits per heavy atom. The summed E-state index contributed by atoms with van der Waals surface area (Å²) in [5.41, 5.74) is 5.33. The summed E-state index contributed by atoms with van der Waals surface area (Å²) in [7, 11) is 2.01. The fourth-order valence-electron chi connectivity index (χ4n) is 2.60. The maximum Gasteiger partial charge on any atom is 0.105 e. The molecule has 2 heteroatoms. The van der Waals surface area contributed by atoms with Crippen LogP contribution in [0.15, 0.2) is 28.7 Å². The minimum absolute atomic E-state index is 0.304. The van der Waals surface area contributed by atoms with Crippen LogP contribution in [0.3, 0.4) is 0 Å². The lowest BCUT2D eigenvalue weighted by molar-refractivity contribution is 0.490. The van der Waals surface area contributed by atoms with E-state index >= 15 is 0 Å². The summed E-state index contributed by atoms with van der Waals surface area (Å²) in [6, 6.07) is 9.09. The first-order chi connectivity index (χ1) is 9.01. The first kappa shape index (κ1) is 13.9. The second-order valence-electron chi connectivity index (χ2n) is 5.34. The van der Waals surface area contributed by atoms with E-state index in [0.717, 1.165) is 17.9 Å². The zero-order valence-corrected chi connectivity index (χ0v) is 12.5. The molecule has 0 aliphatic heterocycles. The van der Waals surface area contributed by atoms with Gasteiger partial charge < -0.3 is 9.73 Å². The Morgan fingerprint density at radius 2 is 1.84 bits per heavy atom. The Morgan fingerprint density at radius 3 is 2.42 bits per heavy atom. The molecule has 1 unspecified atom stereocenters. The zero-order valence-electron chi connectivity index (χ0n) is 12.5. The van der Waals surface area contributed by atoms with Crippen LogP contribution < -0.4 is 5.32 Å². The van der Waals surface area contributed by atoms with E-state index in [1.54, 1.807) is 0 Å². The Bertz CT molecular complexity index is 569. The fraction of sp³-hybridized carbons (Fsp3) is 0.412. The zero-order chi connectivity index (χ0) is 14.0. The highest BCUT2D eigenvalue weighted by Gasteiger charge is 2.16. The van der Waals surface area contributed by atoms with Crippen LogP contribution in [-0.4, -0.2) is 7.05 Å². The number of aryl methyl sites for hydroxylation is 4. The predicted octanol–water partition coefficient (Wildman–Crippen LogP) is 4.02. The average Bonchev–Trinajstić information content (AvgIpc) is 2.69. The molecule has 1 aromatic heterocycles. The third kappa shape index (κ3) is 3.07. The van der Waals surface area contributed by atoms with Gasteiger partial charge in [-0.25, -0.2) is 0 Å². The second kappa shape index (κ2) is 5.62. The Balaban J connectivity index is 2.29. The number of nitrogens with one attached hydrogen (secondary N) is 1.